The van der Waals surface area contributed by atoms with E-state index < -0.39 is 0 Å². The Morgan fingerprint density at radius 1 is 1.07 bits per heavy atom. The number of para-hydroxylation sites is 1. The molecule has 0 unspecified atom stereocenters. The molecule has 7 heteroatoms. The fourth-order valence-electron chi connectivity index (χ4n) is 3.83. The number of nitrogens with one attached hydrogen (secondary N) is 1. The van der Waals surface area contributed by atoms with E-state index in [9.17, 15) is 0 Å². The number of aromatic nitrogens is 1. The third-order valence-corrected chi connectivity index (χ3v) is 5.55. The lowest BCUT2D eigenvalue weighted by Gasteiger charge is -2.34. The Balaban J connectivity index is 1.56. The molecule has 1 aromatic heterocycles. The molecule has 0 spiro atoms. The Morgan fingerprint density at radius 2 is 1.81 bits per heavy atom. The lowest BCUT2D eigenvalue weighted by atomic mass is 10.1. The Labute approximate surface area is 161 Å². The summed E-state index contributed by atoms with van der Waals surface area (Å²) in [6.45, 7) is 9.49. The van der Waals surface area contributed by atoms with Crippen LogP contribution in [0.1, 0.15) is 0 Å². The molecule has 2 aliphatic heterocycles. The number of hydrogen-bond acceptors (Lipinski definition) is 7. The third-order valence-electron chi connectivity index (χ3n) is 5.55. The maximum atomic E-state index is 6.62. The molecule has 146 valence electrons. The van der Waals surface area contributed by atoms with Gasteiger partial charge >= 0.3 is 0 Å². The molecule has 0 radical (unpaired) electrons. The van der Waals surface area contributed by atoms with E-state index >= 15 is 0 Å². The summed E-state index contributed by atoms with van der Waals surface area (Å²) in [6.07, 6.45) is 0. The highest BCUT2D eigenvalue weighted by molar-refractivity contribution is 6.01. The van der Waals surface area contributed by atoms with Crippen LogP contribution in [-0.4, -0.2) is 87.4 Å². The second-order valence-electron chi connectivity index (χ2n) is 7.41. The van der Waals surface area contributed by atoms with Crippen LogP contribution in [0.25, 0.3) is 10.9 Å². The van der Waals surface area contributed by atoms with Gasteiger partial charge in [0.25, 0.3) is 0 Å². The van der Waals surface area contributed by atoms with E-state index in [4.69, 9.17) is 15.5 Å². The van der Waals surface area contributed by atoms with E-state index in [0.29, 0.717) is 0 Å². The Hall–Kier alpha value is -2.09. The summed E-state index contributed by atoms with van der Waals surface area (Å²) in [5, 5.41) is 4.70. The first-order valence-corrected chi connectivity index (χ1v) is 9.88. The van der Waals surface area contributed by atoms with Crippen LogP contribution in [0.2, 0.25) is 0 Å². The number of nitrogen functional groups attached to an aromatic ring is 1. The first-order valence-electron chi connectivity index (χ1n) is 9.88. The number of hydrogen-bond donors (Lipinski definition) is 2. The number of piperazine rings is 1. The zero-order valence-corrected chi connectivity index (χ0v) is 16.2. The number of nitrogens with two attached hydrogens (primary N) is 1. The fraction of sp³-hybridized carbons (Fsp3) is 0.550. The summed E-state index contributed by atoms with van der Waals surface area (Å²) in [5.74, 6) is 0.913. The highest BCUT2D eigenvalue weighted by Crippen LogP contribution is 2.35. The highest BCUT2D eigenvalue weighted by Gasteiger charge is 2.21. The monoisotopic (exact) mass is 370 g/mol. The molecule has 0 amide bonds. The number of nitrogens with zero attached hydrogens (tertiary/aromatic N) is 4. The van der Waals surface area contributed by atoms with Gasteiger partial charge in [-0.1, -0.05) is 18.2 Å². The largest absolute Gasteiger partial charge is 0.394 e. The van der Waals surface area contributed by atoms with Gasteiger partial charge in [0, 0.05) is 57.7 Å². The average molecular weight is 371 g/mol. The predicted octanol–water partition coefficient (Wildman–Crippen LogP) is 1.31. The van der Waals surface area contributed by atoms with Gasteiger partial charge in [0.1, 0.15) is 0 Å². The van der Waals surface area contributed by atoms with Gasteiger partial charge in [-0.2, -0.15) is 0 Å². The summed E-state index contributed by atoms with van der Waals surface area (Å²) in [4.78, 5) is 12.0. The van der Waals surface area contributed by atoms with Gasteiger partial charge in [0.2, 0.25) is 0 Å². The molecule has 2 fully saturated rings. The molecular formula is C20H30N6O. The van der Waals surface area contributed by atoms with Crippen molar-refractivity contribution in [2.45, 2.75) is 0 Å². The van der Waals surface area contributed by atoms with Crippen LogP contribution in [0, 0.1) is 0 Å². The lowest BCUT2D eigenvalue weighted by Crippen LogP contribution is -2.45. The molecule has 3 N–H and O–H groups in total. The van der Waals surface area contributed by atoms with Crippen LogP contribution in [0.4, 0.5) is 17.2 Å². The second-order valence-corrected chi connectivity index (χ2v) is 7.41. The van der Waals surface area contributed by atoms with Crippen molar-refractivity contribution < 1.29 is 4.74 Å². The lowest BCUT2D eigenvalue weighted by molar-refractivity contribution is 0.0398. The van der Waals surface area contributed by atoms with Gasteiger partial charge in [-0.15, -0.1) is 0 Å². The topological polar surface area (TPSA) is 69.9 Å². The third kappa shape index (κ3) is 4.10. The van der Waals surface area contributed by atoms with Crippen molar-refractivity contribution in [2.24, 2.45) is 0 Å². The van der Waals surface area contributed by atoms with Crippen molar-refractivity contribution in [3.63, 3.8) is 0 Å². The quantitative estimate of drug-likeness (QED) is 0.822. The fourth-order valence-corrected chi connectivity index (χ4v) is 3.83. The molecule has 0 saturated carbocycles. The molecule has 1 aromatic carbocycles. The summed E-state index contributed by atoms with van der Waals surface area (Å²) in [7, 11) is 2.16. The molecule has 0 atom stereocenters. The molecule has 7 nitrogen and oxygen atoms in total. The van der Waals surface area contributed by atoms with Crippen molar-refractivity contribution >= 4 is 28.1 Å². The van der Waals surface area contributed by atoms with Crippen LogP contribution in [-0.2, 0) is 4.74 Å². The predicted molar refractivity (Wildman–Crippen MR) is 112 cm³/mol. The van der Waals surface area contributed by atoms with Crippen LogP contribution >= 0.6 is 0 Å². The highest BCUT2D eigenvalue weighted by atomic mass is 16.5. The van der Waals surface area contributed by atoms with Crippen molar-refractivity contribution in [3.8, 4) is 0 Å². The molecule has 2 aliphatic rings. The molecule has 2 aromatic rings. The van der Waals surface area contributed by atoms with Gasteiger partial charge in [-0.3, -0.25) is 4.90 Å². The minimum Gasteiger partial charge on any atom is -0.394 e. The minimum atomic E-state index is 0.764. The molecular weight excluding hydrogens is 340 g/mol. The van der Waals surface area contributed by atoms with Crippen LogP contribution in [0.3, 0.4) is 0 Å². The van der Waals surface area contributed by atoms with Crippen molar-refractivity contribution in [3.05, 3.63) is 24.3 Å². The van der Waals surface area contributed by atoms with Crippen molar-refractivity contribution in [1.82, 2.24) is 14.8 Å². The van der Waals surface area contributed by atoms with Gasteiger partial charge in [-0.05, 0) is 13.1 Å². The molecule has 27 heavy (non-hydrogen) atoms. The van der Waals surface area contributed by atoms with E-state index in [1.807, 2.05) is 12.1 Å². The number of likely N-dealkylation sites (N-methyl/N-ethyl adjacent to an activating group) is 1. The zero-order chi connectivity index (χ0) is 18.6. The van der Waals surface area contributed by atoms with Gasteiger partial charge in [0.15, 0.2) is 5.82 Å². The number of rotatable bonds is 5. The average Bonchev–Trinajstić information content (AvgIpc) is 2.71. The number of morpholine rings is 1. The SMILES string of the molecule is CN1CCN(c2nc3ccccc3c(NCCN3CCOCC3)c2N)CC1. The number of ether oxygens (including phenoxy) is 1. The van der Waals surface area contributed by atoms with Crippen LogP contribution in [0.5, 0.6) is 0 Å². The van der Waals surface area contributed by atoms with Crippen LogP contribution in [0.15, 0.2) is 24.3 Å². The number of pyridine rings is 1. The van der Waals surface area contributed by atoms with Crippen molar-refractivity contribution in [2.75, 3.05) is 88.6 Å². The summed E-state index contributed by atoms with van der Waals surface area (Å²) >= 11 is 0. The summed E-state index contributed by atoms with van der Waals surface area (Å²) in [5.41, 5.74) is 9.40. The Kier molecular flexibility index (Phi) is 5.61. The minimum absolute atomic E-state index is 0.764. The molecule has 3 heterocycles. The standard InChI is InChI=1S/C20H30N6O/c1-24-8-10-26(11-9-24)20-18(21)19(16-4-2-3-5-17(16)23-20)22-6-7-25-12-14-27-15-13-25/h2-5H,6-15,21H2,1H3,(H,22,23). The number of benzene rings is 1. The van der Waals surface area contributed by atoms with Crippen LogP contribution < -0.4 is 16.0 Å². The normalized spacial score (nSPS) is 19.5. The Bertz CT molecular complexity index is 768. The molecule has 2 saturated heterocycles. The first kappa shape index (κ1) is 18.3. The van der Waals surface area contributed by atoms with Crippen molar-refractivity contribution in [1.29, 1.82) is 0 Å². The smallest absolute Gasteiger partial charge is 0.154 e. The molecule has 0 bridgehead atoms. The van der Waals surface area contributed by atoms with E-state index in [1.54, 1.807) is 0 Å². The number of fused-ring (bicyclic) bond motifs is 1. The Morgan fingerprint density at radius 3 is 2.59 bits per heavy atom. The molecule has 0 aliphatic carbocycles. The second kappa shape index (κ2) is 8.29. The maximum absolute atomic E-state index is 6.62. The zero-order valence-electron chi connectivity index (χ0n) is 16.2. The van der Waals surface area contributed by atoms with E-state index in [2.05, 4.69) is 39.2 Å². The van der Waals surface area contributed by atoms with E-state index in [0.717, 1.165) is 93.7 Å². The van der Waals surface area contributed by atoms with Gasteiger partial charge in [-0.25, -0.2) is 4.98 Å². The maximum Gasteiger partial charge on any atom is 0.154 e. The first-order chi connectivity index (χ1) is 13.2. The molecule has 4 rings (SSSR count). The number of anilines is 3. The van der Waals surface area contributed by atoms with Gasteiger partial charge < -0.3 is 25.6 Å². The summed E-state index contributed by atoms with van der Waals surface area (Å²) < 4.78 is 5.43. The van der Waals surface area contributed by atoms with Gasteiger partial charge in [0.05, 0.1) is 30.1 Å². The van der Waals surface area contributed by atoms with E-state index in [-0.39, 0.29) is 0 Å². The summed E-state index contributed by atoms with van der Waals surface area (Å²) in [6, 6.07) is 8.26. The van der Waals surface area contributed by atoms with E-state index in [1.165, 1.54) is 0 Å².